The van der Waals surface area contributed by atoms with Crippen LogP contribution in [0.3, 0.4) is 0 Å². The molecule has 8 heteroatoms. The van der Waals surface area contributed by atoms with Gasteiger partial charge in [0.25, 0.3) is 5.56 Å². The predicted molar refractivity (Wildman–Crippen MR) is 117 cm³/mol. The minimum atomic E-state index is -0.290. The lowest BCUT2D eigenvalue weighted by molar-refractivity contribution is -0.140. The minimum absolute atomic E-state index is 0.127. The summed E-state index contributed by atoms with van der Waals surface area (Å²) in [6, 6.07) is 15.0. The van der Waals surface area contributed by atoms with E-state index in [1.54, 1.807) is 10.6 Å². The number of benzene rings is 2. The Morgan fingerprint density at radius 3 is 2.67 bits per heavy atom. The number of unbranched alkanes of at least 4 members (excludes halogenated alkanes) is 1. The molecule has 4 aromatic rings. The van der Waals surface area contributed by atoms with Crippen molar-refractivity contribution in [1.82, 2.24) is 19.2 Å². The number of para-hydroxylation sites is 2. The first-order chi connectivity index (χ1) is 14.6. The van der Waals surface area contributed by atoms with E-state index in [-0.39, 0.29) is 17.3 Å². The highest BCUT2D eigenvalue weighted by Gasteiger charge is 2.19. The van der Waals surface area contributed by atoms with Crippen LogP contribution in [-0.4, -0.2) is 37.5 Å². The van der Waals surface area contributed by atoms with Gasteiger partial charge in [0.1, 0.15) is 0 Å². The summed E-state index contributed by atoms with van der Waals surface area (Å²) < 4.78 is 8.64. The highest BCUT2D eigenvalue weighted by atomic mass is 32.2. The van der Waals surface area contributed by atoms with Gasteiger partial charge in [-0.2, -0.15) is 0 Å². The quantitative estimate of drug-likeness (QED) is 0.256. The van der Waals surface area contributed by atoms with Crippen molar-refractivity contribution < 1.29 is 9.53 Å². The zero-order valence-corrected chi connectivity index (χ0v) is 17.7. The van der Waals surface area contributed by atoms with E-state index in [1.165, 1.54) is 11.8 Å². The molecule has 0 unspecified atom stereocenters. The van der Waals surface area contributed by atoms with Gasteiger partial charge in [0.15, 0.2) is 5.16 Å². The van der Waals surface area contributed by atoms with Gasteiger partial charge in [-0.15, -0.1) is 10.2 Å². The third-order valence-corrected chi connectivity index (χ3v) is 5.73. The van der Waals surface area contributed by atoms with Gasteiger partial charge in [0.05, 0.1) is 29.0 Å². The van der Waals surface area contributed by atoms with Crippen LogP contribution in [-0.2, 0) is 9.53 Å². The average Bonchev–Trinajstić information content (AvgIpc) is 3.18. The molecule has 2 heterocycles. The normalized spacial score (nSPS) is 11.3. The van der Waals surface area contributed by atoms with Crippen LogP contribution in [0, 0.1) is 6.92 Å². The maximum absolute atomic E-state index is 13.3. The Hall–Kier alpha value is -3.13. The Labute approximate surface area is 177 Å². The van der Waals surface area contributed by atoms with Gasteiger partial charge in [0, 0.05) is 0 Å². The zero-order valence-electron chi connectivity index (χ0n) is 16.9. The highest BCUT2D eigenvalue weighted by Crippen LogP contribution is 2.24. The summed E-state index contributed by atoms with van der Waals surface area (Å²) in [5.74, 6) is 0.249. The largest absolute Gasteiger partial charge is 0.465 e. The Bertz CT molecular complexity index is 1280. The molecule has 4 rings (SSSR count). The van der Waals surface area contributed by atoms with Crippen molar-refractivity contribution in [3.8, 4) is 5.69 Å². The van der Waals surface area contributed by atoms with Gasteiger partial charge in [-0.1, -0.05) is 55.4 Å². The van der Waals surface area contributed by atoms with Crippen LogP contribution in [0.4, 0.5) is 0 Å². The molecule has 0 bridgehead atoms. The number of hydrogen-bond acceptors (Lipinski definition) is 6. The second-order valence-corrected chi connectivity index (χ2v) is 7.87. The van der Waals surface area contributed by atoms with E-state index >= 15 is 0 Å². The third kappa shape index (κ3) is 3.70. The van der Waals surface area contributed by atoms with Gasteiger partial charge in [-0.25, -0.2) is 4.57 Å². The highest BCUT2D eigenvalue weighted by molar-refractivity contribution is 7.99. The number of aryl methyl sites for hydroxylation is 1. The fourth-order valence-electron chi connectivity index (χ4n) is 3.30. The zero-order chi connectivity index (χ0) is 21.1. The lowest BCUT2D eigenvalue weighted by Crippen LogP contribution is -2.22. The maximum Gasteiger partial charge on any atom is 0.316 e. The number of rotatable bonds is 7. The molecule has 0 amide bonds. The van der Waals surface area contributed by atoms with Crippen molar-refractivity contribution in [2.75, 3.05) is 12.4 Å². The molecule has 0 saturated carbocycles. The molecule has 0 aliphatic heterocycles. The molecule has 0 saturated heterocycles. The number of ether oxygens (including phenoxy) is 1. The molecule has 0 aliphatic carbocycles. The van der Waals surface area contributed by atoms with E-state index in [4.69, 9.17) is 4.74 Å². The summed E-state index contributed by atoms with van der Waals surface area (Å²) in [5, 5.41) is 9.68. The fourth-order valence-corrected chi connectivity index (χ4v) is 4.04. The predicted octanol–water partition coefficient (Wildman–Crippen LogP) is 3.78. The summed E-state index contributed by atoms with van der Waals surface area (Å²) in [6.07, 6.45) is 1.81. The molecule has 2 aromatic carbocycles. The second kappa shape index (κ2) is 8.71. The number of nitrogens with zero attached hydrogens (tertiary/aromatic N) is 4. The number of carbonyl (C=O) groups excluding carboxylic acids is 1. The van der Waals surface area contributed by atoms with Crippen LogP contribution in [0.1, 0.15) is 25.3 Å². The number of carbonyl (C=O) groups is 1. The lowest BCUT2D eigenvalue weighted by atomic mass is 10.2. The van der Waals surface area contributed by atoms with Crippen molar-refractivity contribution in [3.05, 3.63) is 64.4 Å². The van der Waals surface area contributed by atoms with E-state index < -0.39 is 0 Å². The van der Waals surface area contributed by atoms with Crippen LogP contribution >= 0.6 is 11.8 Å². The lowest BCUT2D eigenvalue weighted by Gasteiger charge is -2.13. The van der Waals surface area contributed by atoms with Gasteiger partial charge in [-0.3, -0.25) is 14.0 Å². The first-order valence-electron chi connectivity index (χ1n) is 9.85. The number of hydrogen-bond donors (Lipinski definition) is 0. The summed E-state index contributed by atoms with van der Waals surface area (Å²) in [5.41, 5.74) is 2.25. The second-order valence-electron chi connectivity index (χ2n) is 6.92. The minimum Gasteiger partial charge on any atom is -0.465 e. The molecule has 0 fully saturated rings. The van der Waals surface area contributed by atoms with Gasteiger partial charge in [0.2, 0.25) is 5.78 Å². The van der Waals surface area contributed by atoms with Crippen LogP contribution in [0.15, 0.2) is 58.5 Å². The fraction of sp³-hybridized carbons (Fsp3) is 0.273. The van der Waals surface area contributed by atoms with Crippen LogP contribution in [0.25, 0.3) is 22.4 Å². The number of thioether (sulfide) groups is 1. The molecule has 154 valence electrons. The van der Waals surface area contributed by atoms with Crippen LogP contribution in [0.5, 0.6) is 0 Å². The van der Waals surface area contributed by atoms with E-state index in [2.05, 4.69) is 10.2 Å². The van der Waals surface area contributed by atoms with E-state index in [0.29, 0.717) is 28.4 Å². The summed E-state index contributed by atoms with van der Waals surface area (Å²) in [4.78, 5) is 25.4. The van der Waals surface area contributed by atoms with Crippen molar-refractivity contribution >= 4 is 34.4 Å². The molecule has 0 spiro atoms. The topological polar surface area (TPSA) is 78.5 Å². The molecule has 30 heavy (non-hydrogen) atoms. The Balaban J connectivity index is 1.83. The van der Waals surface area contributed by atoms with E-state index in [0.717, 1.165) is 24.1 Å². The molecule has 0 atom stereocenters. The summed E-state index contributed by atoms with van der Waals surface area (Å²) in [6.45, 7) is 4.42. The third-order valence-electron chi connectivity index (χ3n) is 4.83. The summed E-state index contributed by atoms with van der Waals surface area (Å²) in [7, 11) is 0. The standard InChI is InChI=1S/C22H22N4O3S/c1-3-4-13-29-19(27)14-30-22-24-23-21-25(17-11-7-5-9-15(17)2)20(28)16-10-6-8-12-18(16)26(21)22/h5-12H,3-4,13-14H2,1-2H3. The Morgan fingerprint density at radius 2 is 1.87 bits per heavy atom. The molecule has 2 aromatic heterocycles. The van der Waals surface area contributed by atoms with Crippen molar-refractivity contribution in [3.63, 3.8) is 0 Å². The van der Waals surface area contributed by atoms with E-state index in [1.807, 2.05) is 60.7 Å². The Kier molecular flexibility index (Phi) is 5.85. The SMILES string of the molecule is CCCCOC(=O)CSc1nnc2n(-c3ccccc3C)c(=O)c3ccccc3n12. The first-order valence-corrected chi connectivity index (χ1v) is 10.8. The smallest absolute Gasteiger partial charge is 0.316 e. The van der Waals surface area contributed by atoms with Gasteiger partial charge >= 0.3 is 5.97 Å². The Morgan fingerprint density at radius 1 is 1.10 bits per heavy atom. The van der Waals surface area contributed by atoms with Crippen molar-refractivity contribution in [1.29, 1.82) is 0 Å². The van der Waals surface area contributed by atoms with Crippen LogP contribution < -0.4 is 5.56 Å². The van der Waals surface area contributed by atoms with Gasteiger partial charge < -0.3 is 4.74 Å². The van der Waals surface area contributed by atoms with Crippen molar-refractivity contribution in [2.24, 2.45) is 0 Å². The maximum atomic E-state index is 13.3. The number of fused-ring (bicyclic) bond motifs is 3. The summed E-state index contributed by atoms with van der Waals surface area (Å²) >= 11 is 1.25. The average molecular weight is 423 g/mol. The first kappa shape index (κ1) is 20.2. The molecule has 0 aliphatic rings. The number of aromatic nitrogens is 4. The molecular formula is C22H22N4O3S. The van der Waals surface area contributed by atoms with Gasteiger partial charge in [-0.05, 0) is 37.1 Å². The monoisotopic (exact) mass is 422 g/mol. The molecular weight excluding hydrogens is 400 g/mol. The molecule has 0 N–H and O–H groups in total. The molecule has 0 radical (unpaired) electrons. The molecule has 7 nitrogen and oxygen atoms in total. The van der Waals surface area contributed by atoms with Crippen molar-refractivity contribution in [2.45, 2.75) is 31.8 Å². The number of esters is 1. The van der Waals surface area contributed by atoms with Crippen LogP contribution in [0.2, 0.25) is 0 Å². The van der Waals surface area contributed by atoms with E-state index in [9.17, 15) is 9.59 Å².